The molecule has 0 aliphatic heterocycles. The number of aromatic nitrogens is 1. The van der Waals surface area contributed by atoms with Crippen molar-refractivity contribution in [2.24, 2.45) is 0 Å². The van der Waals surface area contributed by atoms with Crippen LogP contribution in [0.15, 0.2) is 41.8 Å². The molecular weight excluding hydrogens is 402 g/mol. The Balaban J connectivity index is 1.69. The molecule has 1 aliphatic rings. The van der Waals surface area contributed by atoms with E-state index in [9.17, 15) is 14.4 Å². The molecule has 2 N–H and O–H groups in total. The number of benzene rings is 1. The highest BCUT2D eigenvalue weighted by Crippen LogP contribution is 2.38. The second-order valence-corrected chi connectivity index (χ2v) is 7.70. The molecule has 1 aromatic carbocycles. The molecule has 152 valence electrons. The van der Waals surface area contributed by atoms with Crippen LogP contribution in [-0.4, -0.2) is 36.5 Å². The Morgan fingerprint density at radius 1 is 1.17 bits per heavy atom. The van der Waals surface area contributed by atoms with Gasteiger partial charge in [-0.3, -0.25) is 10.1 Å². The largest absolute Gasteiger partial charge is 0.452 e. The summed E-state index contributed by atoms with van der Waals surface area (Å²) in [6.45, 7) is -0.546. The Labute approximate surface area is 176 Å². The molecule has 0 radical (unpaired) electrons. The van der Waals surface area contributed by atoms with Crippen LogP contribution in [0.1, 0.15) is 32.9 Å². The summed E-state index contributed by atoms with van der Waals surface area (Å²) in [6, 6.07) is 10.8. The van der Waals surface area contributed by atoms with Gasteiger partial charge in [-0.15, -0.1) is 11.3 Å². The maximum Gasteiger partial charge on any atom is 0.339 e. The van der Waals surface area contributed by atoms with Gasteiger partial charge in [0.2, 0.25) is 0 Å². The topological polar surface area (TPSA) is 97.4 Å². The quantitative estimate of drug-likeness (QED) is 0.630. The lowest BCUT2D eigenvalue weighted by Crippen LogP contribution is -2.39. The Hall–Kier alpha value is -3.52. The van der Waals surface area contributed by atoms with Crippen molar-refractivity contribution in [1.29, 1.82) is 0 Å². The second-order valence-electron chi connectivity index (χ2n) is 6.72. The van der Waals surface area contributed by atoms with Gasteiger partial charge in [0.1, 0.15) is 0 Å². The lowest BCUT2D eigenvalue weighted by Gasteiger charge is -2.12. The van der Waals surface area contributed by atoms with Crippen molar-refractivity contribution in [2.45, 2.75) is 12.8 Å². The van der Waals surface area contributed by atoms with E-state index in [0.717, 1.165) is 28.1 Å². The number of fused-ring (bicyclic) bond motifs is 2. The molecule has 0 atom stereocenters. The fraction of sp³-hybridized carbons (Fsp3) is 0.182. The van der Waals surface area contributed by atoms with Crippen molar-refractivity contribution < 1.29 is 19.1 Å². The summed E-state index contributed by atoms with van der Waals surface area (Å²) in [5.41, 5.74) is 3.82. The minimum Gasteiger partial charge on any atom is -0.452 e. The lowest BCUT2D eigenvalue weighted by molar-refractivity contribution is -0.123. The normalized spacial score (nSPS) is 13.8. The predicted molar refractivity (Wildman–Crippen MR) is 115 cm³/mol. The van der Waals surface area contributed by atoms with Crippen LogP contribution in [0, 0.1) is 0 Å². The molecule has 3 amide bonds. The van der Waals surface area contributed by atoms with Crippen LogP contribution in [0.4, 0.5) is 4.79 Å². The zero-order valence-corrected chi connectivity index (χ0v) is 17.0. The summed E-state index contributed by atoms with van der Waals surface area (Å²) >= 11 is 1.64. The van der Waals surface area contributed by atoms with E-state index in [-0.39, 0.29) is 0 Å². The number of amides is 3. The summed E-state index contributed by atoms with van der Waals surface area (Å²) in [5.74, 6) is -1.30. The minimum absolute atomic E-state index is 0.429. The molecule has 0 bridgehead atoms. The first-order valence-electron chi connectivity index (χ1n) is 9.41. The molecule has 4 rings (SSSR count). The Morgan fingerprint density at radius 2 is 2.00 bits per heavy atom. The monoisotopic (exact) mass is 421 g/mol. The third-order valence-electron chi connectivity index (χ3n) is 4.82. The van der Waals surface area contributed by atoms with Crippen LogP contribution >= 0.6 is 11.3 Å². The number of pyridine rings is 1. The summed E-state index contributed by atoms with van der Waals surface area (Å²) in [4.78, 5) is 41.9. The van der Waals surface area contributed by atoms with E-state index >= 15 is 0 Å². The number of nitrogens with zero attached hydrogens (tertiary/aromatic N) is 1. The summed E-state index contributed by atoms with van der Waals surface area (Å²) < 4.78 is 5.23. The van der Waals surface area contributed by atoms with Crippen LogP contribution in [0.5, 0.6) is 0 Å². The number of carbonyl (C=O) groups excluding carboxylic acids is 3. The number of nitrogens with one attached hydrogen (secondary N) is 2. The van der Waals surface area contributed by atoms with Gasteiger partial charge in [0.05, 0.1) is 16.8 Å². The van der Waals surface area contributed by atoms with E-state index in [1.807, 2.05) is 41.8 Å². The van der Waals surface area contributed by atoms with Crippen molar-refractivity contribution in [3.63, 3.8) is 0 Å². The van der Waals surface area contributed by atoms with Gasteiger partial charge in [-0.25, -0.2) is 14.6 Å². The van der Waals surface area contributed by atoms with E-state index in [2.05, 4.69) is 16.7 Å². The fourth-order valence-corrected chi connectivity index (χ4v) is 4.17. The van der Waals surface area contributed by atoms with Crippen LogP contribution in [0.25, 0.3) is 22.6 Å². The highest BCUT2D eigenvalue weighted by molar-refractivity contribution is 7.10. The minimum atomic E-state index is -0.698. The molecule has 0 saturated carbocycles. The zero-order valence-electron chi connectivity index (χ0n) is 16.2. The third kappa shape index (κ3) is 3.95. The van der Waals surface area contributed by atoms with Gasteiger partial charge < -0.3 is 10.1 Å². The summed E-state index contributed by atoms with van der Waals surface area (Å²) in [7, 11) is 1.39. The van der Waals surface area contributed by atoms with E-state index in [1.165, 1.54) is 7.05 Å². The number of thiophene rings is 1. The Bertz CT molecular complexity index is 1170. The maximum atomic E-state index is 13.0. The van der Waals surface area contributed by atoms with Crippen molar-refractivity contribution in [1.82, 2.24) is 15.6 Å². The molecule has 3 aromatic rings. The van der Waals surface area contributed by atoms with Crippen LogP contribution < -0.4 is 10.6 Å². The van der Waals surface area contributed by atoms with E-state index in [0.29, 0.717) is 22.9 Å². The Kier molecular flexibility index (Phi) is 5.58. The van der Waals surface area contributed by atoms with Crippen LogP contribution in [0.2, 0.25) is 0 Å². The number of rotatable bonds is 4. The number of hydrogen-bond acceptors (Lipinski definition) is 6. The third-order valence-corrected chi connectivity index (χ3v) is 5.64. The van der Waals surface area contributed by atoms with Gasteiger partial charge in [-0.2, -0.15) is 0 Å². The molecule has 2 aromatic heterocycles. The molecule has 0 saturated heterocycles. The first kappa shape index (κ1) is 19.8. The molecule has 7 nitrogen and oxygen atoms in total. The van der Waals surface area contributed by atoms with Gasteiger partial charge in [-0.1, -0.05) is 24.3 Å². The molecule has 2 heterocycles. The number of para-hydroxylation sites is 1. The van der Waals surface area contributed by atoms with Crippen LogP contribution in [0.3, 0.4) is 0 Å². The van der Waals surface area contributed by atoms with Gasteiger partial charge in [-0.05, 0) is 47.6 Å². The number of esters is 1. The first-order chi connectivity index (χ1) is 14.6. The van der Waals surface area contributed by atoms with Gasteiger partial charge >= 0.3 is 12.0 Å². The first-order valence-corrected chi connectivity index (χ1v) is 10.3. The highest BCUT2D eigenvalue weighted by Gasteiger charge is 2.28. The summed E-state index contributed by atoms with van der Waals surface area (Å²) in [6.07, 6.45) is 3.54. The number of allylic oxidation sites excluding steroid dienone is 1. The maximum absolute atomic E-state index is 13.0. The Morgan fingerprint density at radius 3 is 2.77 bits per heavy atom. The number of imide groups is 1. The number of carbonyl (C=O) groups is 3. The van der Waals surface area contributed by atoms with Crippen molar-refractivity contribution in [3.8, 4) is 0 Å². The van der Waals surface area contributed by atoms with Crippen molar-refractivity contribution in [3.05, 3.63) is 63.5 Å². The second kappa shape index (κ2) is 8.46. The zero-order chi connectivity index (χ0) is 21.1. The SMILES string of the molecule is CNC(=O)NC(=O)COC(=O)c1c2c(nc3ccccc13)/C(=C/c1cccs1)CC2. The van der Waals surface area contributed by atoms with E-state index < -0.39 is 24.5 Å². The molecule has 8 heteroatoms. The fourth-order valence-electron chi connectivity index (χ4n) is 3.49. The van der Waals surface area contributed by atoms with E-state index in [4.69, 9.17) is 9.72 Å². The van der Waals surface area contributed by atoms with Crippen molar-refractivity contribution >= 4 is 51.8 Å². The van der Waals surface area contributed by atoms with Gasteiger partial charge in [0, 0.05) is 17.3 Å². The van der Waals surface area contributed by atoms with E-state index in [1.54, 1.807) is 11.3 Å². The smallest absolute Gasteiger partial charge is 0.339 e. The number of ether oxygens (including phenoxy) is 1. The van der Waals surface area contributed by atoms with Gasteiger partial charge in [0.15, 0.2) is 6.61 Å². The average molecular weight is 421 g/mol. The predicted octanol–water partition coefficient (Wildman–Crippen LogP) is 3.40. The molecular formula is C22H19N3O4S. The molecule has 0 unspecified atom stereocenters. The van der Waals surface area contributed by atoms with Crippen LogP contribution in [-0.2, 0) is 16.0 Å². The molecule has 0 spiro atoms. The molecule has 0 fully saturated rings. The van der Waals surface area contributed by atoms with Crippen molar-refractivity contribution in [2.75, 3.05) is 13.7 Å². The summed E-state index contributed by atoms with van der Waals surface area (Å²) in [5, 5.41) is 7.04. The molecule has 30 heavy (non-hydrogen) atoms. The highest BCUT2D eigenvalue weighted by atomic mass is 32.1. The lowest BCUT2D eigenvalue weighted by atomic mass is 10.0. The number of urea groups is 1. The molecule has 1 aliphatic carbocycles. The van der Waals surface area contributed by atoms with Gasteiger partial charge in [0.25, 0.3) is 5.91 Å². The average Bonchev–Trinajstić information content (AvgIpc) is 3.40. The standard InChI is InChI=1S/C22H19N3O4S/c1-23-22(28)25-18(26)12-29-21(27)19-15-6-2-3-7-17(15)24-20-13(8-9-16(19)20)11-14-5-4-10-30-14/h2-7,10-11H,8-9,12H2,1H3,(H2,23,25,26,28)/b13-11+. The number of hydrogen-bond donors (Lipinski definition) is 2.